The van der Waals surface area contributed by atoms with E-state index < -0.39 is 18.2 Å². The highest BCUT2D eigenvalue weighted by Crippen LogP contribution is 2.45. The van der Waals surface area contributed by atoms with Crippen molar-refractivity contribution in [1.82, 2.24) is 4.90 Å². The van der Waals surface area contributed by atoms with Crippen LogP contribution >= 0.6 is 0 Å². The van der Waals surface area contributed by atoms with Crippen molar-refractivity contribution in [2.45, 2.75) is 25.1 Å². The summed E-state index contributed by atoms with van der Waals surface area (Å²) in [6, 6.07) is 7.56. The van der Waals surface area contributed by atoms with Crippen molar-refractivity contribution in [2.75, 3.05) is 32.8 Å². The van der Waals surface area contributed by atoms with E-state index in [1.165, 1.54) is 19.1 Å². The van der Waals surface area contributed by atoms with Gasteiger partial charge in [0, 0.05) is 23.7 Å². The maximum atomic E-state index is 13.2. The van der Waals surface area contributed by atoms with Crippen molar-refractivity contribution in [3.8, 4) is 23.0 Å². The minimum atomic E-state index is -1.03. The standard InChI is InChI=1S/C23H22N2O8/c1-29-16-7-4-13-19(20(16)30-2)23(28)33-22(13)25-14(5-8-18(25)26)21(27)24-12-3-6-15-17(11-12)32-10-9-31-15/h3-4,6-7,11,14,22H,5,8-10H2,1-2H3,(H,24,27). The van der Waals surface area contributed by atoms with E-state index in [0.29, 0.717) is 48.1 Å². The molecule has 1 saturated heterocycles. The number of nitrogens with one attached hydrogen (secondary N) is 1. The van der Waals surface area contributed by atoms with E-state index in [-0.39, 0.29) is 29.5 Å². The third kappa shape index (κ3) is 3.47. The Bertz CT molecular complexity index is 1150. The van der Waals surface area contributed by atoms with Gasteiger partial charge in [0.05, 0.1) is 14.2 Å². The number of anilines is 1. The lowest BCUT2D eigenvalue weighted by atomic mass is 10.1. The molecular formula is C23H22N2O8. The van der Waals surface area contributed by atoms with Crippen molar-refractivity contribution in [3.63, 3.8) is 0 Å². The first-order valence-corrected chi connectivity index (χ1v) is 10.5. The lowest BCUT2D eigenvalue weighted by molar-refractivity contribution is -0.144. The summed E-state index contributed by atoms with van der Waals surface area (Å²) in [6.07, 6.45) is -0.569. The number of cyclic esters (lactones) is 1. The van der Waals surface area contributed by atoms with E-state index in [1.54, 1.807) is 30.3 Å². The summed E-state index contributed by atoms with van der Waals surface area (Å²) in [5.74, 6) is 0.437. The number of carbonyl (C=O) groups is 3. The van der Waals surface area contributed by atoms with Gasteiger partial charge in [0.15, 0.2) is 23.0 Å². The summed E-state index contributed by atoms with van der Waals surface area (Å²) in [5.41, 5.74) is 1.15. The van der Waals surface area contributed by atoms with Gasteiger partial charge in [0.1, 0.15) is 24.8 Å². The monoisotopic (exact) mass is 454 g/mol. The van der Waals surface area contributed by atoms with Gasteiger partial charge >= 0.3 is 5.97 Å². The van der Waals surface area contributed by atoms with Crippen LogP contribution in [0.4, 0.5) is 5.69 Å². The SMILES string of the molecule is COc1ccc2c(c1OC)C(=O)OC2N1C(=O)CCC1C(=O)Nc1ccc2c(c1)OCCO2. The molecule has 0 radical (unpaired) electrons. The van der Waals surface area contributed by atoms with Crippen molar-refractivity contribution in [2.24, 2.45) is 0 Å². The van der Waals surface area contributed by atoms with Crippen molar-refractivity contribution in [1.29, 1.82) is 0 Å². The summed E-state index contributed by atoms with van der Waals surface area (Å²) in [6.45, 7) is 0.895. The fourth-order valence-corrected chi connectivity index (χ4v) is 4.39. The number of likely N-dealkylation sites (tertiary alicyclic amines) is 1. The van der Waals surface area contributed by atoms with Gasteiger partial charge < -0.3 is 29.0 Å². The quantitative estimate of drug-likeness (QED) is 0.685. The van der Waals surface area contributed by atoms with Gasteiger partial charge in [-0.15, -0.1) is 0 Å². The maximum Gasteiger partial charge on any atom is 0.344 e. The Morgan fingerprint density at radius 1 is 1.06 bits per heavy atom. The van der Waals surface area contributed by atoms with Crippen molar-refractivity contribution < 1.29 is 38.1 Å². The Morgan fingerprint density at radius 2 is 1.85 bits per heavy atom. The summed E-state index contributed by atoms with van der Waals surface area (Å²) >= 11 is 0. The topological polar surface area (TPSA) is 113 Å². The minimum absolute atomic E-state index is 0.163. The molecule has 1 N–H and O–H groups in total. The zero-order chi connectivity index (χ0) is 23.1. The first-order chi connectivity index (χ1) is 16.0. The second-order valence-corrected chi connectivity index (χ2v) is 7.73. The lowest BCUT2D eigenvalue weighted by Gasteiger charge is -2.29. The molecule has 10 nitrogen and oxygen atoms in total. The largest absolute Gasteiger partial charge is 0.493 e. The second kappa shape index (κ2) is 8.19. The van der Waals surface area contributed by atoms with Crippen LogP contribution < -0.4 is 24.3 Å². The highest BCUT2D eigenvalue weighted by Gasteiger charge is 2.47. The van der Waals surface area contributed by atoms with E-state index in [2.05, 4.69) is 5.32 Å². The number of carbonyl (C=O) groups excluding carboxylic acids is 3. The number of esters is 1. The third-order valence-electron chi connectivity index (χ3n) is 5.89. The van der Waals surface area contributed by atoms with Crippen molar-refractivity contribution >= 4 is 23.5 Å². The maximum absolute atomic E-state index is 13.2. The highest BCUT2D eigenvalue weighted by molar-refractivity contribution is 6.01. The Balaban J connectivity index is 1.42. The molecular weight excluding hydrogens is 432 g/mol. The van der Waals surface area contributed by atoms with Crippen LogP contribution in [0.2, 0.25) is 0 Å². The molecule has 1 fully saturated rings. The highest BCUT2D eigenvalue weighted by atomic mass is 16.6. The minimum Gasteiger partial charge on any atom is -0.493 e. The third-order valence-corrected chi connectivity index (χ3v) is 5.89. The Morgan fingerprint density at radius 3 is 2.61 bits per heavy atom. The van der Waals surface area contributed by atoms with Gasteiger partial charge in [-0.25, -0.2) is 4.79 Å². The Hall–Kier alpha value is -3.95. The first kappa shape index (κ1) is 20.9. The number of nitrogens with zero attached hydrogens (tertiary/aromatic N) is 1. The number of amides is 2. The molecule has 0 spiro atoms. The van der Waals surface area contributed by atoms with Gasteiger partial charge in [-0.3, -0.25) is 14.5 Å². The number of hydrogen-bond donors (Lipinski definition) is 1. The van der Waals surface area contributed by atoms with E-state index in [4.69, 9.17) is 23.7 Å². The van der Waals surface area contributed by atoms with Gasteiger partial charge in [0.2, 0.25) is 18.0 Å². The fourth-order valence-electron chi connectivity index (χ4n) is 4.39. The van der Waals surface area contributed by atoms with Crippen LogP contribution in [-0.4, -0.2) is 56.2 Å². The molecule has 2 aromatic rings. The average Bonchev–Trinajstić information content (AvgIpc) is 3.37. The molecule has 0 saturated carbocycles. The number of methoxy groups -OCH3 is 2. The normalized spacial score (nSPS) is 20.8. The van der Waals surface area contributed by atoms with Crippen LogP contribution in [0.3, 0.4) is 0 Å². The smallest absolute Gasteiger partial charge is 0.344 e. The molecule has 2 aromatic carbocycles. The van der Waals surface area contributed by atoms with E-state index in [0.717, 1.165) is 0 Å². The Labute approximate surface area is 189 Å². The molecule has 0 bridgehead atoms. The number of fused-ring (bicyclic) bond motifs is 2. The van der Waals surface area contributed by atoms with Gasteiger partial charge in [0.25, 0.3) is 0 Å². The molecule has 3 aliphatic rings. The zero-order valence-corrected chi connectivity index (χ0v) is 18.1. The Kier molecular flexibility index (Phi) is 5.20. The molecule has 0 aromatic heterocycles. The summed E-state index contributed by atoms with van der Waals surface area (Å²) in [4.78, 5) is 39.9. The number of ether oxygens (including phenoxy) is 5. The predicted molar refractivity (Wildman–Crippen MR) is 114 cm³/mol. The summed E-state index contributed by atoms with van der Waals surface area (Å²) < 4.78 is 27.2. The first-order valence-electron chi connectivity index (χ1n) is 10.5. The number of benzene rings is 2. The van der Waals surface area contributed by atoms with Crippen LogP contribution in [0, 0.1) is 0 Å². The zero-order valence-electron chi connectivity index (χ0n) is 18.1. The molecule has 3 aliphatic heterocycles. The number of hydrogen-bond acceptors (Lipinski definition) is 8. The average molecular weight is 454 g/mol. The van der Waals surface area contributed by atoms with Crippen molar-refractivity contribution in [3.05, 3.63) is 41.5 Å². The molecule has 2 amide bonds. The van der Waals surface area contributed by atoms with Gasteiger partial charge in [-0.2, -0.15) is 0 Å². The molecule has 2 atom stereocenters. The summed E-state index contributed by atoms with van der Waals surface area (Å²) in [5, 5.41) is 2.83. The lowest BCUT2D eigenvalue weighted by Crippen LogP contribution is -2.43. The number of rotatable bonds is 5. The van der Waals surface area contributed by atoms with E-state index in [9.17, 15) is 14.4 Å². The van der Waals surface area contributed by atoms with Gasteiger partial charge in [-0.05, 0) is 30.7 Å². The molecule has 10 heteroatoms. The van der Waals surface area contributed by atoms with Crippen LogP contribution in [-0.2, 0) is 14.3 Å². The summed E-state index contributed by atoms with van der Waals surface area (Å²) in [7, 11) is 2.88. The van der Waals surface area contributed by atoms with E-state index in [1.807, 2.05) is 0 Å². The van der Waals surface area contributed by atoms with Crippen LogP contribution in [0.1, 0.15) is 35.0 Å². The van der Waals surface area contributed by atoms with Crippen LogP contribution in [0.25, 0.3) is 0 Å². The molecule has 33 heavy (non-hydrogen) atoms. The second-order valence-electron chi connectivity index (χ2n) is 7.73. The van der Waals surface area contributed by atoms with Crippen LogP contribution in [0.5, 0.6) is 23.0 Å². The fraction of sp³-hybridized carbons (Fsp3) is 0.348. The molecule has 2 unspecified atom stereocenters. The van der Waals surface area contributed by atoms with Crippen LogP contribution in [0.15, 0.2) is 30.3 Å². The van der Waals surface area contributed by atoms with E-state index >= 15 is 0 Å². The molecule has 0 aliphatic carbocycles. The predicted octanol–water partition coefficient (Wildman–Crippen LogP) is 2.27. The molecule has 3 heterocycles. The molecule has 172 valence electrons. The molecule has 5 rings (SSSR count). The van der Waals surface area contributed by atoms with Gasteiger partial charge in [-0.1, -0.05) is 0 Å².